The molecule has 8 heteroatoms. The summed E-state index contributed by atoms with van der Waals surface area (Å²) < 4.78 is 1.84. The van der Waals surface area contributed by atoms with E-state index in [2.05, 4.69) is 4.98 Å². The van der Waals surface area contributed by atoms with Crippen molar-refractivity contribution >= 4 is 39.1 Å². The van der Waals surface area contributed by atoms with E-state index in [9.17, 15) is 20.0 Å². The molecule has 2 aromatic heterocycles. The number of nitrogens with zero attached hydrogens (tertiary/aromatic N) is 3. The van der Waals surface area contributed by atoms with Crippen molar-refractivity contribution in [1.82, 2.24) is 9.38 Å². The van der Waals surface area contributed by atoms with Crippen LogP contribution in [0.25, 0.3) is 22.1 Å². The maximum atomic E-state index is 12.8. The molecule has 0 atom stereocenters. The molecule has 2 heterocycles. The topological polar surface area (TPSA) is 97.7 Å². The van der Waals surface area contributed by atoms with Crippen molar-refractivity contribution in [1.29, 1.82) is 0 Å². The van der Waals surface area contributed by atoms with Gasteiger partial charge in [-0.1, -0.05) is 11.3 Å². The number of thiazole rings is 1. The molecule has 0 radical (unpaired) electrons. The van der Waals surface area contributed by atoms with Gasteiger partial charge in [0.25, 0.3) is 11.2 Å². The molecule has 4 rings (SSSR count). The molecule has 2 aromatic carbocycles. The Morgan fingerprint density at radius 2 is 1.96 bits per heavy atom. The van der Waals surface area contributed by atoms with E-state index in [1.165, 1.54) is 28.7 Å². The summed E-state index contributed by atoms with van der Waals surface area (Å²) in [6.07, 6.45) is 1.42. The first-order valence-corrected chi connectivity index (χ1v) is 8.58. The van der Waals surface area contributed by atoms with Crippen molar-refractivity contribution in [3.05, 3.63) is 72.0 Å². The van der Waals surface area contributed by atoms with Gasteiger partial charge in [-0.2, -0.15) is 0 Å². The van der Waals surface area contributed by atoms with Gasteiger partial charge in [-0.25, -0.2) is 9.38 Å². The minimum absolute atomic E-state index is 0.104. The van der Waals surface area contributed by atoms with Gasteiger partial charge in [-0.05, 0) is 55.3 Å². The zero-order valence-electron chi connectivity index (χ0n) is 13.9. The van der Waals surface area contributed by atoms with E-state index >= 15 is 0 Å². The van der Waals surface area contributed by atoms with Gasteiger partial charge in [-0.15, -0.1) is 0 Å². The fourth-order valence-electron chi connectivity index (χ4n) is 2.88. The summed E-state index contributed by atoms with van der Waals surface area (Å²) in [5.74, 6) is -0.104. The SMILES string of the molecule is Cc1cc2nc3s/c(=C\c4cc(O)ccc4[N+](=O)[O-])c(=O)n3c2cc1C. The molecule has 0 unspecified atom stereocenters. The number of aromatic hydroxyl groups is 1. The van der Waals surface area contributed by atoms with Crippen LogP contribution in [0.2, 0.25) is 0 Å². The summed E-state index contributed by atoms with van der Waals surface area (Å²) in [4.78, 5) is 28.5. The monoisotopic (exact) mass is 367 g/mol. The highest BCUT2D eigenvalue weighted by Crippen LogP contribution is 2.24. The molecule has 0 amide bonds. The number of imidazole rings is 1. The van der Waals surface area contributed by atoms with Gasteiger partial charge in [-0.3, -0.25) is 14.9 Å². The quantitative estimate of drug-likeness (QED) is 0.434. The van der Waals surface area contributed by atoms with Crippen LogP contribution in [0.3, 0.4) is 0 Å². The van der Waals surface area contributed by atoms with Crippen LogP contribution in [0.15, 0.2) is 35.1 Å². The van der Waals surface area contributed by atoms with Crippen LogP contribution < -0.4 is 10.1 Å². The minimum Gasteiger partial charge on any atom is -0.508 e. The Labute approximate surface area is 150 Å². The summed E-state index contributed by atoms with van der Waals surface area (Å²) >= 11 is 1.16. The predicted octanol–water partition coefficient (Wildman–Crippen LogP) is 2.69. The number of phenols is 1. The first kappa shape index (κ1) is 16.2. The van der Waals surface area contributed by atoms with E-state index in [1.54, 1.807) is 0 Å². The third-order valence-electron chi connectivity index (χ3n) is 4.35. The predicted molar refractivity (Wildman–Crippen MR) is 99.9 cm³/mol. The normalized spacial score (nSPS) is 12.3. The third-order valence-corrected chi connectivity index (χ3v) is 5.32. The Bertz CT molecular complexity index is 1320. The van der Waals surface area contributed by atoms with Gasteiger partial charge in [0.2, 0.25) is 0 Å². The number of rotatable bonds is 2. The molecule has 4 aromatic rings. The number of aryl methyl sites for hydroxylation is 2. The maximum Gasteiger partial charge on any atom is 0.276 e. The molecule has 0 aliphatic carbocycles. The maximum absolute atomic E-state index is 12.8. The lowest BCUT2D eigenvalue weighted by Crippen LogP contribution is -2.22. The number of benzene rings is 2. The van der Waals surface area contributed by atoms with Crippen molar-refractivity contribution in [3.8, 4) is 5.75 Å². The smallest absolute Gasteiger partial charge is 0.276 e. The average Bonchev–Trinajstić information content (AvgIpc) is 3.05. The molecule has 0 fully saturated rings. The lowest BCUT2D eigenvalue weighted by Gasteiger charge is -1.98. The second kappa shape index (κ2) is 5.63. The van der Waals surface area contributed by atoms with E-state index in [4.69, 9.17) is 0 Å². The van der Waals surface area contributed by atoms with Gasteiger partial charge >= 0.3 is 0 Å². The standard InChI is InChI=1S/C18H13N3O4S/c1-9-5-13-15(6-10(9)2)20-17(23)16(26-18(20)19-13)8-11-7-12(22)3-4-14(11)21(24)25/h3-8,22H,1-2H3/b16-8-. The first-order valence-electron chi connectivity index (χ1n) is 7.76. The van der Waals surface area contributed by atoms with E-state index in [-0.39, 0.29) is 22.6 Å². The lowest BCUT2D eigenvalue weighted by atomic mass is 10.1. The van der Waals surface area contributed by atoms with Gasteiger partial charge in [0.05, 0.1) is 26.1 Å². The molecule has 26 heavy (non-hydrogen) atoms. The summed E-state index contributed by atoms with van der Waals surface area (Å²) in [6.45, 7) is 3.95. The molecular weight excluding hydrogens is 354 g/mol. The Balaban J connectivity index is 2.02. The van der Waals surface area contributed by atoms with Crippen molar-refractivity contribution in [3.63, 3.8) is 0 Å². The molecule has 130 valence electrons. The average molecular weight is 367 g/mol. The summed E-state index contributed by atoms with van der Waals surface area (Å²) in [5, 5.41) is 20.8. The van der Waals surface area contributed by atoms with E-state index in [0.717, 1.165) is 33.5 Å². The number of fused-ring (bicyclic) bond motifs is 3. The zero-order chi connectivity index (χ0) is 18.6. The van der Waals surface area contributed by atoms with Crippen LogP contribution in [0.1, 0.15) is 16.7 Å². The molecule has 0 saturated carbocycles. The third kappa shape index (κ3) is 2.42. The fourth-order valence-corrected chi connectivity index (χ4v) is 3.86. The molecular formula is C18H13N3O4S. The molecule has 0 aliphatic rings. The van der Waals surface area contributed by atoms with Crippen LogP contribution >= 0.6 is 11.3 Å². The molecule has 1 N–H and O–H groups in total. The highest BCUT2D eigenvalue weighted by Gasteiger charge is 2.15. The summed E-state index contributed by atoms with van der Waals surface area (Å²) in [6, 6.07) is 7.58. The molecule has 0 saturated heterocycles. The van der Waals surface area contributed by atoms with Crippen LogP contribution in [-0.4, -0.2) is 19.4 Å². The van der Waals surface area contributed by atoms with E-state index < -0.39 is 4.92 Å². The summed E-state index contributed by atoms with van der Waals surface area (Å²) in [7, 11) is 0. The second-order valence-electron chi connectivity index (χ2n) is 6.07. The summed E-state index contributed by atoms with van der Waals surface area (Å²) in [5.41, 5.74) is 3.32. The second-order valence-corrected chi connectivity index (χ2v) is 7.08. The number of phenolic OH excluding ortho intramolecular Hbond substituents is 1. The van der Waals surface area contributed by atoms with Gasteiger partial charge in [0.15, 0.2) is 4.96 Å². The van der Waals surface area contributed by atoms with Crippen LogP contribution in [0.5, 0.6) is 5.75 Å². The molecule has 0 spiro atoms. The number of aromatic nitrogens is 2. The van der Waals surface area contributed by atoms with Crippen molar-refractivity contribution in [2.45, 2.75) is 13.8 Å². The van der Waals surface area contributed by atoms with Crippen LogP contribution in [0.4, 0.5) is 5.69 Å². The first-order chi connectivity index (χ1) is 12.3. The zero-order valence-corrected chi connectivity index (χ0v) is 14.7. The van der Waals surface area contributed by atoms with Crippen LogP contribution in [0, 0.1) is 24.0 Å². The van der Waals surface area contributed by atoms with Gasteiger partial charge in [0, 0.05) is 6.07 Å². The Hall–Kier alpha value is -3.26. The van der Waals surface area contributed by atoms with E-state index in [1.807, 2.05) is 26.0 Å². The number of hydrogen-bond acceptors (Lipinski definition) is 6. The minimum atomic E-state index is -0.546. The van der Waals surface area contributed by atoms with E-state index in [0.29, 0.717) is 9.49 Å². The number of nitro groups is 1. The highest BCUT2D eigenvalue weighted by molar-refractivity contribution is 7.15. The molecule has 0 bridgehead atoms. The van der Waals surface area contributed by atoms with Crippen molar-refractivity contribution in [2.24, 2.45) is 0 Å². The fraction of sp³-hybridized carbons (Fsp3) is 0.111. The van der Waals surface area contributed by atoms with Gasteiger partial charge < -0.3 is 5.11 Å². The number of nitro benzene ring substituents is 1. The molecule has 0 aliphatic heterocycles. The van der Waals surface area contributed by atoms with Gasteiger partial charge in [0.1, 0.15) is 5.75 Å². The van der Waals surface area contributed by atoms with Crippen LogP contribution in [-0.2, 0) is 0 Å². The number of hydrogen-bond donors (Lipinski definition) is 1. The van der Waals surface area contributed by atoms with Crippen molar-refractivity contribution in [2.75, 3.05) is 0 Å². The Morgan fingerprint density at radius 3 is 2.69 bits per heavy atom. The van der Waals surface area contributed by atoms with Crippen molar-refractivity contribution < 1.29 is 10.0 Å². The highest BCUT2D eigenvalue weighted by atomic mass is 32.1. The largest absolute Gasteiger partial charge is 0.508 e. The Morgan fingerprint density at radius 1 is 1.23 bits per heavy atom. The lowest BCUT2D eigenvalue weighted by molar-refractivity contribution is -0.385. The Kier molecular flexibility index (Phi) is 3.52. The molecule has 7 nitrogen and oxygen atoms in total.